The average Bonchev–Trinajstić information content (AvgIpc) is 2.44. The molecule has 2 amide bonds. The fourth-order valence-electron chi connectivity index (χ4n) is 1.43. The molecule has 1 aromatic carbocycles. The molecule has 5 nitrogen and oxygen atoms in total. The summed E-state index contributed by atoms with van der Waals surface area (Å²) in [6.45, 7) is 3.89. The number of halogens is 1. The van der Waals surface area contributed by atoms with Gasteiger partial charge < -0.3 is 15.4 Å². The van der Waals surface area contributed by atoms with Crippen LogP contribution in [0, 0.1) is 5.82 Å². The first-order chi connectivity index (χ1) is 9.52. The number of amides is 2. The van der Waals surface area contributed by atoms with Crippen LogP contribution in [0.5, 0.6) is 5.75 Å². The molecule has 110 valence electrons. The monoisotopic (exact) mass is 282 g/mol. The van der Waals surface area contributed by atoms with E-state index >= 15 is 0 Å². The van der Waals surface area contributed by atoms with E-state index in [1.165, 1.54) is 24.3 Å². The van der Waals surface area contributed by atoms with Crippen molar-refractivity contribution in [2.24, 2.45) is 0 Å². The van der Waals surface area contributed by atoms with Gasteiger partial charge in [0.1, 0.15) is 17.6 Å². The van der Waals surface area contributed by atoms with Gasteiger partial charge in [-0.1, -0.05) is 6.92 Å². The summed E-state index contributed by atoms with van der Waals surface area (Å²) >= 11 is 0. The molecule has 0 bridgehead atoms. The van der Waals surface area contributed by atoms with Gasteiger partial charge in [-0.3, -0.25) is 9.59 Å². The Morgan fingerprint density at radius 3 is 2.55 bits per heavy atom. The van der Waals surface area contributed by atoms with Crippen molar-refractivity contribution in [3.63, 3.8) is 0 Å². The summed E-state index contributed by atoms with van der Waals surface area (Å²) in [6, 6.07) is 4.73. The van der Waals surface area contributed by atoms with Gasteiger partial charge in [-0.25, -0.2) is 4.39 Å². The number of hydrogen-bond acceptors (Lipinski definition) is 3. The highest BCUT2D eigenvalue weighted by Gasteiger charge is 2.14. The van der Waals surface area contributed by atoms with Gasteiger partial charge in [0, 0.05) is 6.54 Å². The molecule has 1 atom stereocenters. The molecule has 0 heterocycles. The zero-order chi connectivity index (χ0) is 15.0. The standard InChI is InChI=1S/C14H19FN2O3/c1-3-8-16-14(19)10(2)17-13(18)9-20-12-6-4-11(15)5-7-12/h4-7,10H,3,8-9H2,1-2H3,(H,16,19)(H,17,18)/t10-/m1/s1. The molecule has 0 saturated carbocycles. The normalized spacial score (nSPS) is 11.6. The Kier molecular flexibility index (Phi) is 6.49. The molecule has 0 spiro atoms. The van der Waals surface area contributed by atoms with Crippen LogP contribution in [0.15, 0.2) is 24.3 Å². The van der Waals surface area contributed by atoms with Crippen molar-refractivity contribution in [2.45, 2.75) is 26.3 Å². The molecule has 6 heteroatoms. The number of ether oxygens (including phenoxy) is 1. The molecular formula is C14H19FN2O3. The van der Waals surface area contributed by atoms with Gasteiger partial charge in [0.25, 0.3) is 5.91 Å². The molecule has 0 aromatic heterocycles. The molecule has 0 unspecified atom stereocenters. The van der Waals surface area contributed by atoms with Crippen molar-refractivity contribution in [1.82, 2.24) is 10.6 Å². The number of nitrogens with one attached hydrogen (secondary N) is 2. The number of hydrogen-bond donors (Lipinski definition) is 2. The predicted molar refractivity (Wildman–Crippen MR) is 72.8 cm³/mol. The summed E-state index contributed by atoms with van der Waals surface area (Å²) < 4.78 is 17.8. The maximum atomic E-state index is 12.7. The molecular weight excluding hydrogens is 263 g/mol. The van der Waals surface area contributed by atoms with Crippen LogP contribution < -0.4 is 15.4 Å². The topological polar surface area (TPSA) is 67.4 Å². The SMILES string of the molecule is CCCNC(=O)[C@@H](C)NC(=O)COc1ccc(F)cc1. The van der Waals surface area contributed by atoms with Crippen molar-refractivity contribution in [1.29, 1.82) is 0 Å². The molecule has 0 radical (unpaired) electrons. The minimum absolute atomic E-state index is 0.225. The van der Waals surface area contributed by atoms with Gasteiger partial charge >= 0.3 is 0 Å². The van der Waals surface area contributed by atoms with E-state index in [0.29, 0.717) is 12.3 Å². The first-order valence-corrected chi connectivity index (χ1v) is 6.48. The Hall–Kier alpha value is -2.11. The molecule has 0 aliphatic rings. The Bertz CT molecular complexity index is 448. The van der Waals surface area contributed by atoms with Crippen LogP contribution in [0.3, 0.4) is 0 Å². The quantitative estimate of drug-likeness (QED) is 0.790. The second-order valence-electron chi connectivity index (χ2n) is 4.32. The van der Waals surface area contributed by atoms with Crippen LogP contribution in [0.4, 0.5) is 4.39 Å². The van der Waals surface area contributed by atoms with Gasteiger partial charge in [0.05, 0.1) is 0 Å². The minimum Gasteiger partial charge on any atom is -0.484 e. The lowest BCUT2D eigenvalue weighted by molar-refractivity contribution is -0.129. The molecule has 0 fully saturated rings. The summed E-state index contributed by atoms with van der Waals surface area (Å²) in [4.78, 5) is 23.1. The highest BCUT2D eigenvalue weighted by molar-refractivity contribution is 5.87. The third kappa shape index (κ3) is 5.69. The van der Waals surface area contributed by atoms with E-state index in [1.807, 2.05) is 6.92 Å². The number of rotatable bonds is 7. The van der Waals surface area contributed by atoms with E-state index in [9.17, 15) is 14.0 Å². The molecule has 1 rings (SSSR count). The number of carbonyl (C=O) groups excluding carboxylic acids is 2. The summed E-state index contributed by atoms with van der Waals surface area (Å²) in [7, 11) is 0. The van der Waals surface area contributed by atoms with Crippen LogP contribution in [-0.2, 0) is 9.59 Å². The second-order valence-corrected chi connectivity index (χ2v) is 4.32. The number of carbonyl (C=O) groups is 2. The van der Waals surface area contributed by atoms with Crippen molar-refractivity contribution in [3.8, 4) is 5.75 Å². The van der Waals surface area contributed by atoms with Gasteiger partial charge in [-0.05, 0) is 37.6 Å². The van der Waals surface area contributed by atoms with Crippen molar-refractivity contribution < 1.29 is 18.7 Å². The molecule has 0 saturated heterocycles. The molecule has 0 aliphatic carbocycles. The molecule has 0 aliphatic heterocycles. The van der Waals surface area contributed by atoms with Gasteiger partial charge in [-0.2, -0.15) is 0 Å². The Morgan fingerprint density at radius 2 is 1.95 bits per heavy atom. The largest absolute Gasteiger partial charge is 0.484 e. The lowest BCUT2D eigenvalue weighted by Crippen LogP contribution is -2.46. The number of benzene rings is 1. The average molecular weight is 282 g/mol. The van der Waals surface area contributed by atoms with Crippen LogP contribution in [0.1, 0.15) is 20.3 Å². The van der Waals surface area contributed by atoms with Gasteiger partial charge in [0.2, 0.25) is 5.91 Å². The highest BCUT2D eigenvalue weighted by Crippen LogP contribution is 2.10. The lowest BCUT2D eigenvalue weighted by Gasteiger charge is -2.14. The van der Waals surface area contributed by atoms with Gasteiger partial charge in [-0.15, -0.1) is 0 Å². The fourth-order valence-corrected chi connectivity index (χ4v) is 1.43. The summed E-state index contributed by atoms with van der Waals surface area (Å²) in [5.74, 6) is -0.622. The maximum absolute atomic E-state index is 12.7. The van der Waals surface area contributed by atoms with Crippen LogP contribution in [-0.4, -0.2) is 31.0 Å². The Labute approximate surface area is 117 Å². The van der Waals surface area contributed by atoms with Crippen LogP contribution in [0.25, 0.3) is 0 Å². The van der Waals surface area contributed by atoms with E-state index in [-0.39, 0.29) is 18.3 Å². The Morgan fingerprint density at radius 1 is 1.30 bits per heavy atom. The third-order valence-corrected chi connectivity index (χ3v) is 2.50. The summed E-state index contributed by atoms with van der Waals surface area (Å²) in [5, 5.41) is 5.20. The van der Waals surface area contributed by atoms with Crippen LogP contribution >= 0.6 is 0 Å². The van der Waals surface area contributed by atoms with E-state index in [0.717, 1.165) is 6.42 Å². The first kappa shape index (κ1) is 15.9. The van der Waals surface area contributed by atoms with E-state index in [2.05, 4.69) is 10.6 Å². The van der Waals surface area contributed by atoms with Gasteiger partial charge in [0.15, 0.2) is 6.61 Å². The zero-order valence-electron chi connectivity index (χ0n) is 11.6. The van der Waals surface area contributed by atoms with Crippen molar-refractivity contribution in [2.75, 3.05) is 13.2 Å². The minimum atomic E-state index is -0.620. The smallest absolute Gasteiger partial charge is 0.258 e. The molecule has 20 heavy (non-hydrogen) atoms. The van der Waals surface area contributed by atoms with E-state index in [1.54, 1.807) is 6.92 Å². The first-order valence-electron chi connectivity index (χ1n) is 6.48. The van der Waals surface area contributed by atoms with Crippen molar-refractivity contribution >= 4 is 11.8 Å². The maximum Gasteiger partial charge on any atom is 0.258 e. The molecule has 1 aromatic rings. The molecule has 2 N–H and O–H groups in total. The van der Waals surface area contributed by atoms with E-state index < -0.39 is 11.9 Å². The van der Waals surface area contributed by atoms with Crippen LogP contribution in [0.2, 0.25) is 0 Å². The predicted octanol–water partition coefficient (Wildman–Crippen LogP) is 1.24. The highest BCUT2D eigenvalue weighted by atomic mass is 19.1. The zero-order valence-corrected chi connectivity index (χ0v) is 11.6. The lowest BCUT2D eigenvalue weighted by atomic mass is 10.3. The van der Waals surface area contributed by atoms with E-state index in [4.69, 9.17) is 4.74 Å². The third-order valence-electron chi connectivity index (χ3n) is 2.50. The fraction of sp³-hybridized carbons (Fsp3) is 0.429. The summed E-state index contributed by atoms with van der Waals surface area (Å²) in [5.41, 5.74) is 0. The Balaban J connectivity index is 2.32. The second kappa shape index (κ2) is 8.14. The van der Waals surface area contributed by atoms with Crippen molar-refractivity contribution in [3.05, 3.63) is 30.1 Å². The summed E-state index contributed by atoms with van der Waals surface area (Å²) in [6.07, 6.45) is 0.833.